The summed E-state index contributed by atoms with van der Waals surface area (Å²) in [5, 5.41) is 21.8. The molecule has 0 radical (unpaired) electrons. The summed E-state index contributed by atoms with van der Waals surface area (Å²) in [6.45, 7) is 1.66. The Labute approximate surface area is 97.3 Å². The predicted octanol–water partition coefficient (Wildman–Crippen LogP) is 2.09. The van der Waals surface area contributed by atoms with Crippen molar-refractivity contribution in [3.63, 3.8) is 0 Å². The van der Waals surface area contributed by atoms with Gasteiger partial charge in [0.25, 0.3) is 0 Å². The van der Waals surface area contributed by atoms with Crippen molar-refractivity contribution in [2.24, 2.45) is 0 Å². The third-order valence-electron chi connectivity index (χ3n) is 2.39. The Morgan fingerprint density at radius 1 is 1.41 bits per heavy atom. The standard InChI is InChI=1S/C12H11NO4/c1-7(14)8-3-2-4-9(5-8)10-6-11(12(15)16)17-13-10/h2-7,14H,1H3,(H,15,16). The Hall–Kier alpha value is -2.14. The third kappa shape index (κ3) is 2.34. The van der Waals surface area contributed by atoms with Gasteiger partial charge in [0, 0.05) is 11.6 Å². The van der Waals surface area contributed by atoms with Gasteiger partial charge in [0.15, 0.2) is 0 Å². The highest BCUT2D eigenvalue weighted by Gasteiger charge is 2.12. The van der Waals surface area contributed by atoms with E-state index >= 15 is 0 Å². The number of aromatic carboxylic acids is 1. The summed E-state index contributed by atoms with van der Waals surface area (Å²) in [6.07, 6.45) is -0.583. The van der Waals surface area contributed by atoms with E-state index in [2.05, 4.69) is 9.68 Å². The topological polar surface area (TPSA) is 83.6 Å². The zero-order valence-corrected chi connectivity index (χ0v) is 9.12. The number of carbonyl (C=O) groups is 1. The van der Waals surface area contributed by atoms with E-state index in [9.17, 15) is 9.90 Å². The van der Waals surface area contributed by atoms with Crippen molar-refractivity contribution in [3.8, 4) is 11.3 Å². The van der Waals surface area contributed by atoms with E-state index in [1.807, 2.05) is 0 Å². The third-order valence-corrected chi connectivity index (χ3v) is 2.39. The lowest BCUT2D eigenvalue weighted by atomic mass is 10.1. The lowest BCUT2D eigenvalue weighted by Gasteiger charge is -2.05. The van der Waals surface area contributed by atoms with Crippen LogP contribution in [0.1, 0.15) is 29.1 Å². The second-order valence-electron chi connectivity index (χ2n) is 3.68. The van der Waals surface area contributed by atoms with Gasteiger partial charge in [-0.05, 0) is 18.6 Å². The summed E-state index contributed by atoms with van der Waals surface area (Å²) >= 11 is 0. The van der Waals surface area contributed by atoms with Crippen LogP contribution in [0.2, 0.25) is 0 Å². The van der Waals surface area contributed by atoms with Crippen LogP contribution in [0, 0.1) is 0 Å². The number of nitrogens with zero attached hydrogens (tertiary/aromatic N) is 1. The van der Waals surface area contributed by atoms with Gasteiger partial charge in [-0.15, -0.1) is 0 Å². The molecule has 0 saturated heterocycles. The molecule has 0 fully saturated rings. The number of carboxylic acid groups (broad SMARTS) is 1. The summed E-state index contributed by atoms with van der Waals surface area (Å²) in [5.74, 6) is -1.36. The van der Waals surface area contributed by atoms with Gasteiger partial charge in [0.1, 0.15) is 5.69 Å². The van der Waals surface area contributed by atoms with Crippen molar-refractivity contribution in [1.82, 2.24) is 5.16 Å². The molecule has 1 atom stereocenters. The van der Waals surface area contributed by atoms with Gasteiger partial charge in [0.2, 0.25) is 5.76 Å². The fraction of sp³-hybridized carbons (Fsp3) is 0.167. The molecule has 1 unspecified atom stereocenters. The summed E-state index contributed by atoms with van der Waals surface area (Å²) in [4.78, 5) is 10.6. The van der Waals surface area contributed by atoms with Crippen molar-refractivity contribution < 1.29 is 19.5 Å². The first kappa shape index (κ1) is 11.3. The number of carboxylic acids is 1. The fourth-order valence-corrected chi connectivity index (χ4v) is 1.47. The molecular weight excluding hydrogens is 222 g/mol. The van der Waals surface area contributed by atoms with E-state index in [4.69, 9.17) is 5.11 Å². The van der Waals surface area contributed by atoms with Gasteiger partial charge in [-0.2, -0.15) is 0 Å². The van der Waals surface area contributed by atoms with Crippen molar-refractivity contribution >= 4 is 5.97 Å². The minimum absolute atomic E-state index is 0.206. The van der Waals surface area contributed by atoms with E-state index in [1.54, 1.807) is 31.2 Å². The maximum absolute atomic E-state index is 10.6. The average Bonchev–Trinajstić information content (AvgIpc) is 2.78. The van der Waals surface area contributed by atoms with Gasteiger partial charge < -0.3 is 14.7 Å². The monoisotopic (exact) mass is 233 g/mol. The molecular formula is C12H11NO4. The van der Waals surface area contributed by atoms with Crippen molar-refractivity contribution in [2.45, 2.75) is 13.0 Å². The zero-order valence-electron chi connectivity index (χ0n) is 9.12. The molecule has 0 aliphatic rings. The first-order chi connectivity index (χ1) is 8.08. The van der Waals surface area contributed by atoms with Gasteiger partial charge in [-0.3, -0.25) is 0 Å². The molecule has 88 valence electrons. The van der Waals surface area contributed by atoms with Gasteiger partial charge in [-0.25, -0.2) is 4.79 Å². The fourth-order valence-electron chi connectivity index (χ4n) is 1.47. The van der Waals surface area contributed by atoms with Crippen LogP contribution in [0.25, 0.3) is 11.3 Å². The normalized spacial score (nSPS) is 12.4. The molecule has 2 aromatic rings. The molecule has 2 N–H and O–H groups in total. The number of aliphatic hydroxyl groups excluding tert-OH is 1. The number of aliphatic hydroxyl groups is 1. The Bertz CT molecular complexity index is 545. The van der Waals surface area contributed by atoms with Crippen LogP contribution in [0.5, 0.6) is 0 Å². The second kappa shape index (κ2) is 4.39. The van der Waals surface area contributed by atoms with Crippen LogP contribution in [0.15, 0.2) is 34.9 Å². The van der Waals surface area contributed by atoms with Crippen molar-refractivity contribution in [2.75, 3.05) is 0 Å². The summed E-state index contributed by atoms with van der Waals surface area (Å²) in [5.41, 5.74) is 1.88. The molecule has 0 spiro atoms. The van der Waals surface area contributed by atoms with E-state index in [0.29, 0.717) is 11.3 Å². The second-order valence-corrected chi connectivity index (χ2v) is 3.68. The minimum Gasteiger partial charge on any atom is -0.475 e. The number of hydrogen-bond acceptors (Lipinski definition) is 4. The first-order valence-corrected chi connectivity index (χ1v) is 5.06. The highest BCUT2D eigenvalue weighted by atomic mass is 16.5. The zero-order chi connectivity index (χ0) is 12.4. The Morgan fingerprint density at radius 2 is 2.18 bits per heavy atom. The Morgan fingerprint density at radius 3 is 2.76 bits per heavy atom. The van der Waals surface area contributed by atoms with E-state index in [1.165, 1.54) is 6.07 Å². The molecule has 17 heavy (non-hydrogen) atoms. The maximum atomic E-state index is 10.6. The lowest BCUT2D eigenvalue weighted by Crippen LogP contribution is -1.92. The summed E-state index contributed by atoms with van der Waals surface area (Å²) in [6, 6.07) is 8.42. The van der Waals surface area contributed by atoms with Gasteiger partial charge >= 0.3 is 5.97 Å². The molecule has 5 heteroatoms. The van der Waals surface area contributed by atoms with Crippen molar-refractivity contribution in [3.05, 3.63) is 41.7 Å². The molecule has 1 aromatic heterocycles. The van der Waals surface area contributed by atoms with E-state index < -0.39 is 12.1 Å². The summed E-state index contributed by atoms with van der Waals surface area (Å²) < 4.78 is 4.67. The molecule has 1 aromatic carbocycles. The molecule has 0 aliphatic carbocycles. The molecule has 2 rings (SSSR count). The first-order valence-electron chi connectivity index (χ1n) is 5.06. The molecule has 0 bridgehead atoms. The number of aromatic nitrogens is 1. The smallest absolute Gasteiger partial charge is 0.374 e. The number of hydrogen-bond donors (Lipinski definition) is 2. The van der Waals surface area contributed by atoms with Crippen LogP contribution in [-0.2, 0) is 0 Å². The molecule has 1 heterocycles. The average molecular weight is 233 g/mol. The SMILES string of the molecule is CC(O)c1cccc(-c2cc(C(=O)O)on2)c1. The molecule has 5 nitrogen and oxygen atoms in total. The van der Waals surface area contributed by atoms with Crippen LogP contribution in [0.4, 0.5) is 0 Å². The molecule has 0 saturated carbocycles. The largest absolute Gasteiger partial charge is 0.475 e. The van der Waals surface area contributed by atoms with Crippen LogP contribution in [0.3, 0.4) is 0 Å². The van der Waals surface area contributed by atoms with Crippen LogP contribution < -0.4 is 0 Å². The lowest BCUT2D eigenvalue weighted by molar-refractivity contribution is 0.0652. The van der Waals surface area contributed by atoms with E-state index in [-0.39, 0.29) is 5.76 Å². The molecule has 0 aliphatic heterocycles. The highest BCUT2D eigenvalue weighted by molar-refractivity contribution is 5.85. The quantitative estimate of drug-likeness (QED) is 0.848. The van der Waals surface area contributed by atoms with Gasteiger partial charge in [-0.1, -0.05) is 23.4 Å². The van der Waals surface area contributed by atoms with Gasteiger partial charge in [0.05, 0.1) is 6.10 Å². The van der Waals surface area contributed by atoms with E-state index in [0.717, 1.165) is 5.56 Å². The van der Waals surface area contributed by atoms with Crippen LogP contribution >= 0.6 is 0 Å². The molecule has 0 amide bonds. The van der Waals surface area contributed by atoms with Crippen molar-refractivity contribution in [1.29, 1.82) is 0 Å². The number of benzene rings is 1. The maximum Gasteiger partial charge on any atom is 0.374 e. The predicted molar refractivity (Wildman–Crippen MR) is 59.5 cm³/mol. The Kier molecular flexibility index (Phi) is 2.93. The number of rotatable bonds is 3. The Balaban J connectivity index is 2.38. The van der Waals surface area contributed by atoms with Crippen LogP contribution in [-0.4, -0.2) is 21.3 Å². The minimum atomic E-state index is -1.16. The summed E-state index contributed by atoms with van der Waals surface area (Å²) in [7, 11) is 0. The highest BCUT2D eigenvalue weighted by Crippen LogP contribution is 2.22.